The van der Waals surface area contributed by atoms with E-state index in [0.717, 1.165) is 53.4 Å². The molecule has 1 aliphatic heterocycles. The SMILES string of the molecule is CCS(=O)(=O)N(C)C1CCN(c2nc(-c3cccs3)nc3ccccc23)CC1. The Labute approximate surface area is 169 Å². The van der Waals surface area contributed by atoms with Crippen LogP contribution in [0.15, 0.2) is 41.8 Å². The highest BCUT2D eigenvalue weighted by atomic mass is 32.2. The zero-order chi connectivity index (χ0) is 19.7. The molecule has 0 unspecified atom stereocenters. The first-order chi connectivity index (χ1) is 13.5. The number of para-hydroxylation sites is 1. The standard InChI is InChI=1S/C20H24N4O2S2/c1-3-28(25,26)23(2)15-10-12-24(13-11-15)20-16-7-4-5-8-17(16)21-19(22-20)18-9-6-14-27-18/h4-9,14-15H,3,10-13H2,1-2H3. The molecule has 1 aliphatic rings. The van der Waals surface area contributed by atoms with E-state index in [2.05, 4.69) is 11.0 Å². The van der Waals surface area contributed by atoms with Crippen LogP contribution < -0.4 is 4.90 Å². The average Bonchev–Trinajstić information content (AvgIpc) is 3.27. The number of hydrogen-bond donors (Lipinski definition) is 0. The van der Waals surface area contributed by atoms with Gasteiger partial charge in [-0.1, -0.05) is 18.2 Å². The zero-order valence-electron chi connectivity index (χ0n) is 16.1. The number of hydrogen-bond acceptors (Lipinski definition) is 6. The van der Waals surface area contributed by atoms with Crippen LogP contribution in [-0.4, -0.2) is 54.6 Å². The third-order valence-corrected chi connectivity index (χ3v) is 8.18. The van der Waals surface area contributed by atoms with Gasteiger partial charge in [0, 0.05) is 31.6 Å². The van der Waals surface area contributed by atoms with Gasteiger partial charge in [0.25, 0.3) is 0 Å². The summed E-state index contributed by atoms with van der Waals surface area (Å²) in [6, 6.07) is 12.2. The molecule has 1 fully saturated rings. The van der Waals surface area contributed by atoms with E-state index in [9.17, 15) is 8.42 Å². The van der Waals surface area contributed by atoms with Crippen LogP contribution in [0.1, 0.15) is 19.8 Å². The predicted octanol–water partition coefficient (Wildman–Crippen LogP) is 3.61. The number of nitrogens with zero attached hydrogens (tertiary/aromatic N) is 4. The normalized spacial score (nSPS) is 16.2. The van der Waals surface area contributed by atoms with Crippen molar-refractivity contribution in [1.29, 1.82) is 0 Å². The maximum atomic E-state index is 12.2. The highest BCUT2D eigenvalue weighted by Gasteiger charge is 2.29. The van der Waals surface area contributed by atoms with Crippen molar-refractivity contribution in [2.75, 3.05) is 30.8 Å². The zero-order valence-corrected chi connectivity index (χ0v) is 17.7. The van der Waals surface area contributed by atoms with Crippen LogP contribution in [0, 0.1) is 0 Å². The molecule has 0 saturated carbocycles. The van der Waals surface area contributed by atoms with E-state index in [1.807, 2.05) is 35.7 Å². The Kier molecular flexibility index (Phi) is 5.35. The number of benzene rings is 1. The molecule has 6 nitrogen and oxygen atoms in total. The maximum Gasteiger partial charge on any atom is 0.213 e. The van der Waals surface area contributed by atoms with Crippen LogP contribution in [-0.2, 0) is 10.0 Å². The number of thiophene rings is 1. The van der Waals surface area contributed by atoms with Crippen LogP contribution >= 0.6 is 11.3 Å². The molecule has 1 saturated heterocycles. The quantitative estimate of drug-likeness (QED) is 0.636. The van der Waals surface area contributed by atoms with E-state index < -0.39 is 10.0 Å². The largest absolute Gasteiger partial charge is 0.356 e. The number of rotatable bonds is 5. The lowest BCUT2D eigenvalue weighted by atomic mass is 10.0. The lowest BCUT2D eigenvalue weighted by Gasteiger charge is -2.37. The molecule has 0 radical (unpaired) electrons. The van der Waals surface area contributed by atoms with E-state index in [1.165, 1.54) is 0 Å². The van der Waals surface area contributed by atoms with Gasteiger partial charge in [0.1, 0.15) is 5.82 Å². The lowest BCUT2D eigenvalue weighted by Crippen LogP contribution is -2.46. The smallest absolute Gasteiger partial charge is 0.213 e. The summed E-state index contributed by atoms with van der Waals surface area (Å²) in [5, 5.41) is 3.07. The summed E-state index contributed by atoms with van der Waals surface area (Å²) in [6.07, 6.45) is 1.59. The fourth-order valence-corrected chi connectivity index (χ4v) is 5.42. The van der Waals surface area contributed by atoms with Crippen LogP contribution in [0.3, 0.4) is 0 Å². The van der Waals surface area contributed by atoms with Gasteiger partial charge >= 0.3 is 0 Å². The summed E-state index contributed by atoms with van der Waals surface area (Å²) in [5.74, 6) is 1.83. The molecule has 0 spiro atoms. The first-order valence-electron chi connectivity index (χ1n) is 9.51. The Hall–Kier alpha value is -2.03. The Morgan fingerprint density at radius 2 is 1.89 bits per heavy atom. The van der Waals surface area contributed by atoms with Gasteiger partial charge < -0.3 is 4.90 Å². The average molecular weight is 417 g/mol. The molecule has 2 aromatic heterocycles. The van der Waals surface area contributed by atoms with Crippen LogP contribution in [0.5, 0.6) is 0 Å². The van der Waals surface area contributed by atoms with E-state index >= 15 is 0 Å². The van der Waals surface area contributed by atoms with Gasteiger partial charge in [0.2, 0.25) is 10.0 Å². The summed E-state index contributed by atoms with van der Waals surface area (Å²) in [6.45, 7) is 3.25. The highest BCUT2D eigenvalue weighted by Crippen LogP contribution is 2.31. The third-order valence-electron chi connectivity index (χ3n) is 5.41. The number of fused-ring (bicyclic) bond motifs is 1. The summed E-state index contributed by atoms with van der Waals surface area (Å²) in [5.41, 5.74) is 0.934. The number of sulfonamides is 1. The third kappa shape index (κ3) is 3.64. The van der Waals surface area contributed by atoms with Crippen molar-refractivity contribution in [1.82, 2.24) is 14.3 Å². The molecule has 28 heavy (non-hydrogen) atoms. The van der Waals surface area contributed by atoms with E-state index in [-0.39, 0.29) is 11.8 Å². The van der Waals surface area contributed by atoms with Crippen molar-refractivity contribution in [3.8, 4) is 10.7 Å². The molecule has 0 atom stereocenters. The van der Waals surface area contributed by atoms with Gasteiger partial charge in [0.05, 0.1) is 16.1 Å². The van der Waals surface area contributed by atoms with E-state index in [4.69, 9.17) is 9.97 Å². The second kappa shape index (κ2) is 7.77. The van der Waals surface area contributed by atoms with Gasteiger partial charge in [-0.05, 0) is 43.3 Å². The van der Waals surface area contributed by atoms with Gasteiger partial charge in [-0.15, -0.1) is 11.3 Å². The maximum absolute atomic E-state index is 12.2. The minimum atomic E-state index is -3.16. The van der Waals surface area contributed by atoms with Crippen molar-refractivity contribution >= 4 is 38.1 Å². The second-order valence-corrected chi connectivity index (χ2v) is 10.3. The monoisotopic (exact) mass is 416 g/mol. The van der Waals surface area contributed by atoms with Crippen LogP contribution in [0.25, 0.3) is 21.6 Å². The molecule has 148 valence electrons. The molecule has 0 bridgehead atoms. The molecule has 3 aromatic rings. The molecule has 0 aliphatic carbocycles. The molecule has 8 heteroatoms. The van der Waals surface area contributed by atoms with Crippen molar-refractivity contribution in [3.05, 3.63) is 41.8 Å². The Bertz CT molecular complexity index is 1060. The van der Waals surface area contributed by atoms with Gasteiger partial charge in [-0.2, -0.15) is 0 Å². The number of aromatic nitrogens is 2. The summed E-state index contributed by atoms with van der Waals surface area (Å²) >= 11 is 1.63. The number of anilines is 1. The second-order valence-electron chi connectivity index (χ2n) is 7.00. The molecule has 0 N–H and O–H groups in total. The molecule has 4 rings (SSSR count). The fraction of sp³-hybridized carbons (Fsp3) is 0.400. The molecule has 0 amide bonds. The molecule has 3 heterocycles. The topological polar surface area (TPSA) is 66.4 Å². The fourth-order valence-electron chi connectivity index (χ4n) is 3.69. The number of piperidine rings is 1. The molecular weight excluding hydrogens is 392 g/mol. The van der Waals surface area contributed by atoms with Gasteiger partial charge in [-0.3, -0.25) is 0 Å². The molecular formula is C20H24N4O2S2. The first-order valence-corrected chi connectivity index (χ1v) is 12.0. The van der Waals surface area contributed by atoms with E-state index in [0.29, 0.717) is 0 Å². The summed E-state index contributed by atoms with van der Waals surface area (Å²) in [7, 11) is -1.46. The van der Waals surface area contributed by atoms with Crippen LogP contribution in [0.2, 0.25) is 0 Å². The molecule has 1 aromatic carbocycles. The van der Waals surface area contributed by atoms with Crippen molar-refractivity contribution in [2.45, 2.75) is 25.8 Å². The van der Waals surface area contributed by atoms with Crippen molar-refractivity contribution < 1.29 is 8.42 Å². The summed E-state index contributed by atoms with van der Waals surface area (Å²) < 4.78 is 25.9. The van der Waals surface area contributed by atoms with Crippen molar-refractivity contribution in [3.63, 3.8) is 0 Å². The lowest BCUT2D eigenvalue weighted by molar-refractivity contribution is 0.312. The summed E-state index contributed by atoms with van der Waals surface area (Å²) in [4.78, 5) is 13.0. The minimum absolute atomic E-state index is 0.0473. The van der Waals surface area contributed by atoms with Crippen molar-refractivity contribution in [2.24, 2.45) is 0 Å². The van der Waals surface area contributed by atoms with E-state index in [1.54, 1.807) is 29.6 Å². The predicted molar refractivity (Wildman–Crippen MR) is 115 cm³/mol. The Morgan fingerprint density at radius 1 is 1.14 bits per heavy atom. The Balaban J connectivity index is 1.63. The van der Waals surface area contributed by atoms with Gasteiger partial charge in [0.15, 0.2) is 5.82 Å². The Morgan fingerprint density at radius 3 is 2.57 bits per heavy atom. The highest BCUT2D eigenvalue weighted by molar-refractivity contribution is 7.89. The minimum Gasteiger partial charge on any atom is -0.356 e. The first kappa shape index (κ1) is 19.3. The van der Waals surface area contributed by atoms with Crippen LogP contribution in [0.4, 0.5) is 5.82 Å². The van der Waals surface area contributed by atoms with Gasteiger partial charge in [-0.25, -0.2) is 22.7 Å².